The van der Waals surface area contributed by atoms with Gasteiger partial charge in [0.05, 0.1) is 45.6 Å². The van der Waals surface area contributed by atoms with Crippen LogP contribution in [0, 0.1) is 27.7 Å². The maximum absolute atomic E-state index is 11.3. The minimum atomic E-state index is -1.13. The summed E-state index contributed by atoms with van der Waals surface area (Å²) in [5.41, 5.74) is 23.9. The molecule has 4 aliphatic rings. The third-order valence-corrected chi connectivity index (χ3v) is 14.5. The zero-order valence-corrected chi connectivity index (χ0v) is 45.7. The van der Waals surface area contributed by atoms with Gasteiger partial charge in [0.25, 0.3) is 0 Å². The van der Waals surface area contributed by atoms with E-state index in [-0.39, 0.29) is 73.1 Å². The van der Waals surface area contributed by atoms with Gasteiger partial charge in [-0.05, 0) is 246 Å². The molecule has 0 atom stereocenters. The van der Waals surface area contributed by atoms with E-state index in [0.717, 1.165) is 134 Å². The van der Waals surface area contributed by atoms with Gasteiger partial charge in [-0.15, -0.1) is 0 Å². The molecule has 0 unspecified atom stereocenters. The molecule has 16 bridgehead atoms. The van der Waals surface area contributed by atoms with Crippen LogP contribution in [0.1, 0.15) is 147 Å². The molecule has 0 radical (unpaired) electrons. The Kier molecular flexibility index (Phi) is 16.1. The van der Waals surface area contributed by atoms with Gasteiger partial charge in [0.2, 0.25) is 0 Å². The molecule has 0 spiro atoms. The van der Waals surface area contributed by atoms with Crippen LogP contribution in [-0.2, 0) is 40.9 Å². The van der Waals surface area contributed by atoms with Crippen LogP contribution in [0.2, 0.25) is 0 Å². The fourth-order valence-electron chi connectivity index (χ4n) is 10.2. The van der Waals surface area contributed by atoms with E-state index in [1.807, 2.05) is 91.8 Å². The summed E-state index contributed by atoms with van der Waals surface area (Å²) in [5, 5.41) is 45.2. The van der Waals surface area contributed by atoms with Gasteiger partial charge in [-0.2, -0.15) is 0 Å². The van der Waals surface area contributed by atoms with Crippen molar-refractivity contribution in [1.29, 1.82) is 0 Å². The second-order valence-electron chi connectivity index (χ2n) is 19.9. The molecule has 6 aromatic rings. The van der Waals surface area contributed by atoms with Crippen LogP contribution in [-0.4, -0.2) is 63.7 Å². The predicted octanol–water partition coefficient (Wildman–Crippen LogP) is 7.70. The van der Waals surface area contributed by atoms with Gasteiger partial charge in [-0.25, -0.2) is 19.9 Å². The number of H-pyrrole nitrogens is 4. The number of carbonyl (C=O) groups is 4. The number of aliphatic carboxylic acids is 4. The minimum Gasteiger partial charge on any atom is -0.550 e. The van der Waals surface area contributed by atoms with Crippen LogP contribution >= 0.6 is 0 Å². The first-order valence-corrected chi connectivity index (χ1v) is 25.2. The van der Waals surface area contributed by atoms with Crippen LogP contribution in [0.15, 0.2) is 72.8 Å². The molecule has 0 saturated carbocycles. The van der Waals surface area contributed by atoms with Crippen molar-refractivity contribution < 1.29 is 61.3 Å². The number of carboxylic acid groups (broad SMARTS) is 4. The first-order valence-electron chi connectivity index (χ1n) is 25.2. The number of nitrogens with zero attached hydrogens (tertiary/aromatic N) is 4. The molecule has 0 aliphatic carbocycles. The predicted molar refractivity (Wildman–Crippen MR) is 288 cm³/mol. The van der Waals surface area contributed by atoms with Crippen LogP contribution in [0.25, 0.3) is 88.7 Å². The number of carbonyl (C=O) groups excluding carboxylic acids is 4. The van der Waals surface area contributed by atoms with Crippen molar-refractivity contribution in [3.05, 3.63) is 141 Å². The second kappa shape index (κ2) is 22.6. The molecule has 0 saturated heterocycles. The molecule has 77 heavy (non-hydrogen) atoms. The van der Waals surface area contributed by atoms with E-state index in [9.17, 15) is 39.6 Å². The number of hydrogen-bond acceptors (Lipinski definition) is 12. The number of hydrogen-bond donors (Lipinski definition) is 4. The molecule has 10 heterocycles. The summed E-state index contributed by atoms with van der Waals surface area (Å²) in [4.78, 5) is 78.5. The summed E-state index contributed by atoms with van der Waals surface area (Å²) in [5.74, 6) is -4.52. The number of allylic oxidation sites excluding steroid dienone is 8. The summed E-state index contributed by atoms with van der Waals surface area (Å²) in [6.07, 6.45) is 0.526. The zero-order chi connectivity index (χ0) is 54.3. The van der Waals surface area contributed by atoms with E-state index in [2.05, 4.69) is 56.3 Å². The standard InChI is InChI=1S/2C30H30N4O4.Ti/c2*1-15-9-20-12-25-17(3)21(5-7-29(35)36)27(33-25)14-28-22(6-8-30(37)38)18(4)26(34-28)13-24-16(2)10-19(32-24)11-23(15)31-20;/h2*9-14,31-32H,5-8H2,1-4H3,(H,35,36)(H,37,38);/q;;+4/p-4. The van der Waals surface area contributed by atoms with Gasteiger partial charge in [-0.1, -0.05) is 0 Å². The Balaban J connectivity index is 0.000000201. The van der Waals surface area contributed by atoms with Crippen molar-refractivity contribution in [1.82, 2.24) is 39.9 Å². The van der Waals surface area contributed by atoms with Crippen LogP contribution in [0.4, 0.5) is 0 Å². The summed E-state index contributed by atoms with van der Waals surface area (Å²) >= 11 is 0. The third kappa shape index (κ3) is 12.1. The molecule has 0 aromatic carbocycles. The molecule has 17 heteroatoms. The topological polar surface area (TPSA) is 275 Å². The van der Waals surface area contributed by atoms with Crippen molar-refractivity contribution >= 4 is 113 Å². The van der Waals surface area contributed by atoms with Gasteiger partial charge in [0, 0.05) is 68.0 Å². The maximum Gasteiger partial charge on any atom is 4.00 e. The quantitative estimate of drug-likeness (QED) is 0.0858. The Hall–Kier alpha value is -8.21. The van der Waals surface area contributed by atoms with Crippen molar-refractivity contribution in [2.45, 2.75) is 107 Å². The van der Waals surface area contributed by atoms with Gasteiger partial charge in [0.15, 0.2) is 0 Å². The summed E-state index contributed by atoms with van der Waals surface area (Å²) in [6, 6.07) is 23.9. The molecule has 388 valence electrons. The number of aromatic amines is 4. The third-order valence-electron chi connectivity index (χ3n) is 14.5. The van der Waals surface area contributed by atoms with E-state index >= 15 is 0 Å². The molecule has 4 aliphatic heterocycles. The van der Waals surface area contributed by atoms with Gasteiger partial charge in [-0.3, -0.25) is 0 Å². The first kappa shape index (κ1) is 55.0. The summed E-state index contributed by atoms with van der Waals surface area (Å²) in [6.45, 7) is 15.9. The average Bonchev–Trinajstić information content (AvgIpc) is 4.23. The molecule has 4 N–H and O–H groups in total. The normalized spacial score (nSPS) is 13.2. The monoisotopic (exact) mass is 1060 g/mol. The average molecular weight is 1070 g/mol. The summed E-state index contributed by atoms with van der Waals surface area (Å²) < 4.78 is 0. The van der Waals surface area contributed by atoms with Crippen LogP contribution in [0.5, 0.6) is 0 Å². The fraction of sp³-hybridized carbons (Fsp3) is 0.267. The van der Waals surface area contributed by atoms with E-state index in [0.29, 0.717) is 22.8 Å². The Bertz CT molecular complexity index is 3700. The molecular formula is C60H56N8O8Ti. The smallest absolute Gasteiger partial charge is 0.550 e. The number of fused-ring (bicyclic) bond motifs is 16. The number of aromatic nitrogens is 8. The van der Waals surface area contributed by atoms with Crippen molar-refractivity contribution in [3.63, 3.8) is 0 Å². The number of rotatable bonds is 12. The summed E-state index contributed by atoms with van der Waals surface area (Å²) in [7, 11) is 0. The number of aryl methyl sites for hydroxylation is 4. The van der Waals surface area contributed by atoms with Crippen molar-refractivity contribution in [2.75, 3.05) is 0 Å². The van der Waals surface area contributed by atoms with Crippen molar-refractivity contribution in [3.8, 4) is 0 Å². The van der Waals surface area contributed by atoms with E-state index in [4.69, 9.17) is 19.9 Å². The minimum absolute atomic E-state index is 0. The molecule has 6 aromatic heterocycles. The van der Waals surface area contributed by atoms with E-state index in [1.165, 1.54) is 0 Å². The van der Waals surface area contributed by atoms with Crippen molar-refractivity contribution in [2.24, 2.45) is 0 Å². The van der Waals surface area contributed by atoms with E-state index in [1.54, 1.807) is 0 Å². The zero-order valence-electron chi connectivity index (χ0n) is 44.1. The van der Waals surface area contributed by atoms with Gasteiger partial charge < -0.3 is 59.5 Å². The Morgan fingerprint density at radius 1 is 0.325 bits per heavy atom. The molecule has 0 fully saturated rings. The first-order chi connectivity index (χ1) is 36.2. The SMILES string of the molecule is CC1=C(CCC(=O)[O-])c2cc3nc(cc4[nH]c(cc4C)cc4[nH]c(cc1n2)cc4C)C(C)=C3CCC(=O)[O-].CC1=C(CCC(=O)[O-])c2cc3nc(cc4[nH]c(cc4C)cc4[nH]c(cc1n2)cc4C)C(C)=C3CCC(=O)[O-].[Ti+4]. The Morgan fingerprint density at radius 2 is 0.545 bits per heavy atom. The second-order valence-corrected chi connectivity index (χ2v) is 19.9. The fourth-order valence-corrected chi connectivity index (χ4v) is 10.2. The van der Waals surface area contributed by atoms with Crippen LogP contribution in [0.3, 0.4) is 0 Å². The molecular weight excluding hydrogens is 1010 g/mol. The maximum atomic E-state index is 11.3. The van der Waals surface area contributed by atoms with Gasteiger partial charge in [0.1, 0.15) is 0 Å². The van der Waals surface area contributed by atoms with Crippen LogP contribution < -0.4 is 20.4 Å². The largest absolute Gasteiger partial charge is 4.00 e. The van der Waals surface area contributed by atoms with E-state index < -0.39 is 23.9 Å². The number of nitrogens with one attached hydrogen (secondary N) is 4. The Labute approximate surface area is 458 Å². The molecule has 0 amide bonds. The Morgan fingerprint density at radius 3 is 0.792 bits per heavy atom. The molecule has 10 rings (SSSR count). The van der Waals surface area contributed by atoms with Gasteiger partial charge >= 0.3 is 21.7 Å². The number of carboxylic acids is 4. The molecule has 16 nitrogen and oxygen atoms in total.